The van der Waals surface area contributed by atoms with E-state index in [1.54, 1.807) is 0 Å². The van der Waals surface area contributed by atoms with Crippen LogP contribution in [0.25, 0.3) is 0 Å². The molecular formula is C22H32N2O2. The van der Waals surface area contributed by atoms with Gasteiger partial charge in [-0.1, -0.05) is 62.8 Å². The summed E-state index contributed by atoms with van der Waals surface area (Å²) < 4.78 is 5.55. The first kappa shape index (κ1) is 19.0. The van der Waals surface area contributed by atoms with E-state index in [1.807, 2.05) is 35.2 Å². The Labute approximate surface area is 157 Å². The van der Waals surface area contributed by atoms with E-state index < -0.39 is 0 Å². The van der Waals surface area contributed by atoms with Crippen LogP contribution in [0.15, 0.2) is 42.0 Å². The van der Waals surface area contributed by atoms with Gasteiger partial charge in [-0.15, -0.1) is 0 Å². The van der Waals surface area contributed by atoms with Crippen LogP contribution in [0.1, 0.15) is 39.2 Å². The highest BCUT2D eigenvalue weighted by Crippen LogP contribution is 2.53. The highest BCUT2D eigenvalue weighted by molar-refractivity contribution is 5.68. The van der Waals surface area contributed by atoms with Gasteiger partial charge < -0.3 is 14.5 Å². The van der Waals surface area contributed by atoms with E-state index >= 15 is 0 Å². The molecule has 1 amide bonds. The lowest BCUT2D eigenvalue weighted by molar-refractivity contribution is 0.0397. The fourth-order valence-corrected chi connectivity index (χ4v) is 5.12. The topological polar surface area (TPSA) is 32.8 Å². The minimum absolute atomic E-state index is 0.0417. The Balaban J connectivity index is 1.70. The largest absolute Gasteiger partial charge is 0.445 e. The lowest BCUT2D eigenvalue weighted by Crippen LogP contribution is -2.55. The van der Waals surface area contributed by atoms with Gasteiger partial charge in [-0.05, 0) is 32.5 Å². The smallest absolute Gasteiger partial charge is 0.410 e. The van der Waals surface area contributed by atoms with Crippen molar-refractivity contribution in [3.8, 4) is 0 Å². The average Bonchev–Trinajstić information content (AvgIpc) is 2.59. The molecule has 1 aromatic carbocycles. The summed E-state index contributed by atoms with van der Waals surface area (Å²) in [6, 6.07) is 10.4. The fraction of sp³-hybridized carbons (Fsp3) is 0.591. The van der Waals surface area contributed by atoms with Crippen molar-refractivity contribution in [1.29, 1.82) is 0 Å². The van der Waals surface area contributed by atoms with Crippen molar-refractivity contribution in [3.05, 3.63) is 47.5 Å². The van der Waals surface area contributed by atoms with E-state index in [2.05, 4.69) is 45.8 Å². The van der Waals surface area contributed by atoms with Gasteiger partial charge in [0.05, 0.1) is 0 Å². The van der Waals surface area contributed by atoms with E-state index in [9.17, 15) is 4.79 Å². The molecule has 4 heteroatoms. The third-order valence-corrected chi connectivity index (χ3v) is 6.29. The van der Waals surface area contributed by atoms with Crippen LogP contribution in [0.5, 0.6) is 0 Å². The van der Waals surface area contributed by atoms with Crippen LogP contribution in [0.3, 0.4) is 0 Å². The standard InChI is InChI=1S/C22H32N2O2/c1-21(2)18-12-14-24(16-22(18,3)13-11-19(21)23(4)5)20(25)26-15-17-9-7-6-8-10-17/h6-10,12,19H,11,13-16H2,1-5H3/t19-,22+/m0/s1. The number of hydrogen-bond acceptors (Lipinski definition) is 3. The Morgan fingerprint density at radius 1 is 1.23 bits per heavy atom. The molecule has 4 nitrogen and oxygen atoms in total. The number of carbonyl (C=O) groups excluding carboxylic acids is 1. The van der Waals surface area contributed by atoms with Crippen molar-refractivity contribution in [2.45, 2.75) is 46.3 Å². The number of fused-ring (bicyclic) bond motifs is 1. The maximum Gasteiger partial charge on any atom is 0.410 e. The summed E-state index contributed by atoms with van der Waals surface area (Å²) in [5.41, 5.74) is 2.69. The normalized spacial score (nSPS) is 27.7. The SMILES string of the molecule is CN(C)[C@H]1CC[C@]2(C)CN(C(=O)OCc3ccccc3)CC=C2C1(C)C. The van der Waals surface area contributed by atoms with E-state index in [0.29, 0.717) is 19.2 Å². The minimum atomic E-state index is -0.210. The predicted molar refractivity (Wildman–Crippen MR) is 105 cm³/mol. The molecule has 142 valence electrons. The first-order valence-corrected chi connectivity index (χ1v) is 9.57. The third-order valence-electron chi connectivity index (χ3n) is 6.29. The van der Waals surface area contributed by atoms with Crippen LogP contribution in [0, 0.1) is 10.8 Å². The van der Waals surface area contributed by atoms with E-state index in [1.165, 1.54) is 5.57 Å². The molecule has 1 aromatic rings. The number of benzene rings is 1. The number of rotatable bonds is 3. The van der Waals surface area contributed by atoms with Crippen LogP contribution in [0.4, 0.5) is 4.79 Å². The summed E-state index contributed by atoms with van der Waals surface area (Å²) in [5, 5.41) is 0. The molecular weight excluding hydrogens is 324 g/mol. The minimum Gasteiger partial charge on any atom is -0.445 e. The average molecular weight is 357 g/mol. The molecule has 0 N–H and O–H groups in total. The highest BCUT2D eigenvalue weighted by atomic mass is 16.6. The van der Waals surface area contributed by atoms with E-state index in [-0.39, 0.29) is 16.9 Å². The van der Waals surface area contributed by atoms with Crippen molar-refractivity contribution in [2.24, 2.45) is 10.8 Å². The van der Waals surface area contributed by atoms with Gasteiger partial charge in [-0.3, -0.25) is 0 Å². The van der Waals surface area contributed by atoms with Crippen molar-refractivity contribution >= 4 is 6.09 Å². The molecule has 1 fully saturated rings. The van der Waals surface area contributed by atoms with Crippen LogP contribution >= 0.6 is 0 Å². The summed E-state index contributed by atoms with van der Waals surface area (Å²) >= 11 is 0. The number of nitrogens with zero attached hydrogens (tertiary/aromatic N) is 2. The zero-order chi connectivity index (χ0) is 18.9. The van der Waals surface area contributed by atoms with Gasteiger partial charge in [0.15, 0.2) is 0 Å². The molecule has 3 rings (SSSR count). The first-order valence-electron chi connectivity index (χ1n) is 9.57. The Bertz CT molecular complexity index is 681. The lowest BCUT2D eigenvalue weighted by Gasteiger charge is -2.55. The Hall–Kier alpha value is -1.81. The first-order chi connectivity index (χ1) is 12.2. The number of amides is 1. The second kappa shape index (κ2) is 7.07. The predicted octanol–water partition coefficient (Wildman–Crippen LogP) is 4.32. The van der Waals surface area contributed by atoms with Crippen molar-refractivity contribution < 1.29 is 9.53 Å². The van der Waals surface area contributed by atoms with Crippen molar-refractivity contribution in [3.63, 3.8) is 0 Å². The van der Waals surface area contributed by atoms with Gasteiger partial charge in [0.1, 0.15) is 6.61 Å². The second-order valence-corrected chi connectivity index (χ2v) is 8.84. The molecule has 0 radical (unpaired) electrons. The molecule has 0 unspecified atom stereocenters. The van der Waals surface area contributed by atoms with Crippen molar-refractivity contribution in [2.75, 3.05) is 27.2 Å². The second-order valence-electron chi connectivity index (χ2n) is 8.84. The summed E-state index contributed by atoms with van der Waals surface area (Å²) in [7, 11) is 4.34. The van der Waals surface area contributed by atoms with Crippen LogP contribution in [-0.2, 0) is 11.3 Å². The number of ether oxygens (including phenoxy) is 1. The number of carbonyl (C=O) groups is 1. The third kappa shape index (κ3) is 3.52. The molecule has 0 bridgehead atoms. The molecule has 2 atom stereocenters. The van der Waals surface area contributed by atoms with Gasteiger partial charge >= 0.3 is 6.09 Å². The monoisotopic (exact) mass is 356 g/mol. The molecule has 26 heavy (non-hydrogen) atoms. The van der Waals surface area contributed by atoms with Crippen LogP contribution in [0.2, 0.25) is 0 Å². The lowest BCUT2D eigenvalue weighted by atomic mass is 9.57. The molecule has 0 saturated heterocycles. The molecule has 1 saturated carbocycles. The zero-order valence-corrected chi connectivity index (χ0v) is 16.8. The molecule has 0 aromatic heterocycles. The molecule has 1 aliphatic carbocycles. The van der Waals surface area contributed by atoms with Crippen LogP contribution in [-0.4, -0.2) is 49.1 Å². The zero-order valence-electron chi connectivity index (χ0n) is 16.8. The molecule has 2 aliphatic rings. The Morgan fingerprint density at radius 3 is 2.58 bits per heavy atom. The maximum absolute atomic E-state index is 12.6. The van der Waals surface area contributed by atoms with Gasteiger partial charge in [0.2, 0.25) is 0 Å². The fourth-order valence-electron chi connectivity index (χ4n) is 5.12. The number of hydrogen-bond donors (Lipinski definition) is 0. The summed E-state index contributed by atoms with van der Waals surface area (Å²) in [5.74, 6) is 0. The summed E-state index contributed by atoms with van der Waals surface area (Å²) in [6.07, 6.45) is 4.33. The van der Waals surface area contributed by atoms with Crippen molar-refractivity contribution in [1.82, 2.24) is 9.80 Å². The quantitative estimate of drug-likeness (QED) is 0.756. The maximum atomic E-state index is 12.6. The molecule has 0 spiro atoms. The van der Waals surface area contributed by atoms with Gasteiger partial charge in [-0.2, -0.15) is 0 Å². The van der Waals surface area contributed by atoms with Gasteiger partial charge in [0.25, 0.3) is 0 Å². The van der Waals surface area contributed by atoms with E-state index in [0.717, 1.165) is 24.9 Å². The Kier molecular flexibility index (Phi) is 5.16. The summed E-state index contributed by atoms with van der Waals surface area (Å²) in [4.78, 5) is 16.8. The molecule has 1 heterocycles. The van der Waals surface area contributed by atoms with E-state index in [4.69, 9.17) is 4.74 Å². The Morgan fingerprint density at radius 2 is 1.92 bits per heavy atom. The summed E-state index contributed by atoms with van der Waals surface area (Å²) in [6.45, 7) is 8.73. The molecule has 1 aliphatic heterocycles. The van der Waals surface area contributed by atoms with Gasteiger partial charge in [-0.25, -0.2) is 4.79 Å². The highest BCUT2D eigenvalue weighted by Gasteiger charge is 2.50. The van der Waals surface area contributed by atoms with Gasteiger partial charge in [0, 0.05) is 30.0 Å². The van der Waals surface area contributed by atoms with Crippen LogP contribution < -0.4 is 0 Å².